The number of nitro benzene ring substituents is 1. The number of carbonyl (C=O) groups excluding carboxylic acids is 2. The van der Waals surface area contributed by atoms with Crippen molar-refractivity contribution in [3.8, 4) is 11.5 Å². The summed E-state index contributed by atoms with van der Waals surface area (Å²) in [5.74, 6) is -1.41. The van der Waals surface area contributed by atoms with Gasteiger partial charge >= 0.3 is 0 Å². The fraction of sp³-hybridized carbons (Fsp3) is 0.231. The summed E-state index contributed by atoms with van der Waals surface area (Å²) in [6.45, 7) is 0.526. The first-order valence-corrected chi connectivity index (χ1v) is 16.1. The molecule has 0 bridgehead atoms. The molecule has 1 N–H and O–H groups in total. The number of non-ortho nitro benzene ring substituents is 1. The largest absolute Gasteiger partial charge is 0.507 e. The second-order valence-corrected chi connectivity index (χ2v) is 12.3. The van der Waals surface area contributed by atoms with E-state index >= 15 is 0 Å². The van der Waals surface area contributed by atoms with E-state index in [4.69, 9.17) is 9.47 Å². The fourth-order valence-electron chi connectivity index (χ4n) is 7.33. The molecular formula is C39H34N2O7. The van der Waals surface area contributed by atoms with Crippen LogP contribution in [-0.2, 0) is 14.3 Å². The number of aromatic hydroxyl groups is 1. The molecule has 4 atom stereocenters. The number of nitro groups is 1. The van der Waals surface area contributed by atoms with Crippen molar-refractivity contribution in [1.29, 1.82) is 0 Å². The number of amides is 2. The third-order valence-electron chi connectivity index (χ3n) is 9.55. The van der Waals surface area contributed by atoms with Gasteiger partial charge < -0.3 is 14.6 Å². The third kappa shape index (κ3) is 6.00. The van der Waals surface area contributed by atoms with Gasteiger partial charge in [0.15, 0.2) is 0 Å². The van der Waals surface area contributed by atoms with Crippen LogP contribution in [0, 0.1) is 27.9 Å². The molecule has 2 saturated heterocycles. The van der Waals surface area contributed by atoms with Crippen molar-refractivity contribution < 1.29 is 29.1 Å². The Morgan fingerprint density at radius 3 is 2.40 bits per heavy atom. The van der Waals surface area contributed by atoms with Gasteiger partial charge in [-0.25, -0.2) is 4.90 Å². The van der Waals surface area contributed by atoms with Crippen molar-refractivity contribution in [3.63, 3.8) is 0 Å². The van der Waals surface area contributed by atoms with Gasteiger partial charge in [-0.05, 0) is 71.9 Å². The number of phenols is 1. The van der Waals surface area contributed by atoms with Crippen molar-refractivity contribution >= 4 is 34.8 Å². The van der Waals surface area contributed by atoms with Crippen molar-refractivity contribution in [2.75, 3.05) is 18.1 Å². The van der Waals surface area contributed by atoms with Crippen LogP contribution in [0.3, 0.4) is 0 Å². The average Bonchev–Trinajstić information content (AvgIpc) is 3.64. The van der Waals surface area contributed by atoms with Crippen LogP contribution >= 0.6 is 0 Å². The number of carbonyl (C=O) groups is 2. The first kappa shape index (κ1) is 31.1. The summed E-state index contributed by atoms with van der Waals surface area (Å²) < 4.78 is 12.7. The van der Waals surface area contributed by atoms with Crippen molar-refractivity contribution in [3.05, 3.63) is 142 Å². The first-order chi connectivity index (χ1) is 23.4. The van der Waals surface area contributed by atoms with Crippen LogP contribution in [0.15, 0.2) is 120 Å². The normalized spacial score (nSPS) is 22.1. The van der Waals surface area contributed by atoms with E-state index in [0.717, 1.165) is 32.7 Å². The molecule has 3 aliphatic rings. The number of fused-ring (bicyclic) bond motifs is 3. The molecule has 4 aromatic carbocycles. The highest BCUT2D eigenvalue weighted by Crippen LogP contribution is 2.51. The van der Waals surface area contributed by atoms with Crippen molar-refractivity contribution in [1.82, 2.24) is 0 Å². The van der Waals surface area contributed by atoms with E-state index in [-0.39, 0.29) is 54.2 Å². The molecule has 0 aromatic heterocycles. The summed E-state index contributed by atoms with van der Waals surface area (Å²) in [5, 5.41) is 22.0. The van der Waals surface area contributed by atoms with Gasteiger partial charge in [-0.2, -0.15) is 0 Å². The first-order valence-electron chi connectivity index (χ1n) is 16.1. The summed E-state index contributed by atoms with van der Waals surface area (Å²) in [6.07, 6.45) is 3.27. The molecule has 2 fully saturated rings. The van der Waals surface area contributed by atoms with Gasteiger partial charge in [-0.3, -0.25) is 19.7 Å². The standard InChI is InChI=1S/C39H34N2O7/c42-34-17-8-7-12-27(34)20-26(25-10-3-1-4-11-25)18-19-35-36-28(23-47-31-15-5-2-6-16-31)21-32-37(33(36)24-48-35)39(44)40(38(32)43)29-13-9-14-30(22-29)41(45)46/h1-17,20,22,32-33,35,37,42H,18-19,21,23-24H2/b26-20-/t32-,33+,35-,37-/m1/s1. The van der Waals surface area contributed by atoms with E-state index in [2.05, 4.69) is 0 Å². The van der Waals surface area contributed by atoms with Gasteiger partial charge in [0, 0.05) is 23.6 Å². The van der Waals surface area contributed by atoms with Gasteiger partial charge in [0.25, 0.3) is 5.69 Å². The highest BCUT2D eigenvalue weighted by atomic mass is 16.6. The number of imide groups is 1. The molecule has 0 spiro atoms. The predicted molar refractivity (Wildman–Crippen MR) is 181 cm³/mol. The maximum atomic E-state index is 14.0. The number of hydrogen-bond acceptors (Lipinski definition) is 7. The lowest BCUT2D eigenvalue weighted by molar-refractivity contribution is -0.384. The molecule has 9 heteroatoms. The van der Waals surface area contributed by atoms with Crippen molar-refractivity contribution in [2.24, 2.45) is 17.8 Å². The molecule has 48 heavy (non-hydrogen) atoms. The lowest BCUT2D eigenvalue weighted by atomic mass is 9.69. The number of benzene rings is 4. The summed E-state index contributed by atoms with van der Waals surface area (Å²) in [5.41, 5.74) is 4.75. The van der Waals surface area contributed by atoms with Crippen LogP contribution in [0.4, 0.5) is 11.4 Å². The number of allylic oxidation sites excluding steroid dienone is 1. The van der Waals surface area contributed by atoms with E-state index in [1.54, 1.807) is 18.2 Å². The van der Waals surface area contributed by atoms with Gasteiger partial charge in [-0.15, -0.1) is 0 Å². The number of ether oxygens (including phenoxy) is 2. The molecule has 0 saturated carbocycles. The molecule has 9 nitrogen and oxygen atoms in total. The third-order valence-corrected chi connectivity index (χ3v) is 9.55. The van der Waals surface area contributed by atoms with Gasteiger partial charge in [0.05, 0.1) is 35.2 Å². The quantitative estimate of drug-likeness (QED) is 0.0638. The van der Waals surface area contributed by atoms with Gasteiger partial charge in [-0.1, -0.05) is 72.8 Å². The SMILES string of the molecule is O=C1[C@@H]2[C@@H](CC(COc3ccccc3)=C3[C@@H](CC/C(=C/c4ccccc4O)c4ccccc4)OC[C@@H]32)C(=O)N1c1cccc([N+](=O)[O-])c1. The minimum atomic E-state index is -0.636. The van der Waals surface area contributed by atoms with Crippen LogP contribution in [0.2, 0.25) is 0 Å². The zero-order valence-corrected chi connectivity index (χ0v) is 26.1. The summed E-state index contributed by atoms with van der Waals surface area (Å²) in [7, 11) is 0. The molecule has 2 aliphatic heterocycles. The molecule has 2 amide bonds. The van der Waals surface area contributed by atoms with Crippen LogP contribution in [0.1, 0.15) is 30.4 Å². The Kier molecular flexibility index (Phi) is 8.61. The molecule has 0 radical (unpaired) electrons. The minimum absolute atomic E-state index is 0.186. The Labute approximate surface area is 277 Å². The molecule has 242 valence electrons. The summed E-state index contributed by atoms with van der Waals surface area (Å²) in [6, 6.07) is 32.3. The number of hydrogen-bond donors (Lipinski definition) is 1. The van der Waals surface area contributed by atoms with Crippen LogP contribution in [0.5, 0.6) is 11.5 Å². The molecule has 7 rings (SSSR count). The van der Waals surface area contributed by atoms with Crippen molar-refractivity contribution in [2.45, 2.75) is 25.4 Å². The Bertz CT molecular complexity index is 1920. The Balaban J connectivity index is 1.21. The molecule has 0 unspecified atom stereocenters. The monoisotopic (exact) mass is 642 g/mol. The minimum Gasteiger partial charge on any atom is -0.507 e. The zero-order chi connectivity index (χ0) is 33.2. The second-order valence-electron chi connectivity index (χ2n) is 12.3. The maximum Gasteiger partial charge on any atom is 0.271 e. The van der Waals surface area contributed by atoms with E-state index < -0.39 is 16.8 Å². The highest BCUT2D eigenvalue weighted by molar-refractivity contribution is 6.22. The number of phenolic OH excluding ortho intramolecular Hbond substituents is 1. The molecule has 1 aliphatic carbocycles. The van der Waals surface area contributed by atoms with E-state index in [0.29, 0.717) is 25.0 Å². The van der Waals surface area contributed by atoms with E-state index in [9.17, 15) is 24.8 Å². The Hall–Kier alpha value is -5.54. The summed E-state index contributed by atoms with van der Waals surface area (Å²) in [4.78, 5) is 40.0. The molecule has 2 heterocycles. The van der Waals surface area contributed by atoms with Crippen LogP contribution < -0.4 is 9.64 Å². The van der Waals surface area contributed by atoms with Gasteiger partial charge in [0.2, 0.25) is 11.8 Å². The fourth-order valence-corrected chi connectivity index (χ4v) is 7.33. The zero-order valence-electron chi connectivity index (χ0n) is 26.1. The van der Waals surface area contributed by atoms with E-state index in [1.165, 1.54) is 18.2 Å². The number of nitrogens with zero attached hydrogens (tertiary/aromatic N) is 2. The smallest absolute Gasteiger partial charge is 0.271 e. The maximum absolute atomic E-state index is 14.0. The number of rotatable bonds is 10. The predicted octanol–water partition coefficient (Wildman–Crippen LogP) is 7.22. The second kappa shape index (κ2) is 13.3. The topological polar surface area (TPSA) is 119 Å². The lowest BCUT2D eigenvalue weighted by Gasteiger charge is -2.31. The number of anilines is 1. The van der Waals surface area contributed by atoms with Gasteiger partial charge in [0.1, 0.15) is 18.1 Å². The average molecular weight is 643 g/mol. The Morgan fingerprint density at radius 2 is 1.65 bits per heavy atom. The van der Waals surface area contributed by atoms with E-state index in [1.807, 2.05) is 78.9 Å². The molecular weight excluding hydrogens is 608 g/mol. The Morgan fingerprint density at radius 1 is 0.917 bits per heavy atom. The molecule has 4 aromatic rings. The lowest BCUT2D eigenvalue weighted by Crippen LogP contribution is -2.35. The van der Waals surface area contributed by atoms with Crippen LogP contribution in [-0.4, -0.2) is 41.2 Å². The summed E-state index contributed by atoms with van der Waals surface area (Å²) >= 11 is 0. The number of para-hydroxylation sites is 2. The highest BCUT2D eigenvalue weighted by Gasteiger charge is 2.57. The van der Waals surface area contributed by atoms with Crippen LogP contribution in [0.25, 0.3) is 11.6 Å².